The van der Waals surface area contributed by atoms with Crippen LogP contribution < -0.4 is 0 Å². The zero-order chi connectivity index (χ0) is 53.3. The first-order chi connectivity index (χ1) is 39.3. The third-order valence-corrected chi connectivity index (χ3v) is 16.5. The first kappa shape index (κ1) is 45.9. The Labute approximate surface area is 462 Å². The molecule has 0 unspecified atom stereocenters. The zero-order valence-electron chi connectivity index (χ0n) is 44.8. The summed E-state index contributed by atoms with van der Waals surface area (Å²) in [5.41, 5.74) is 21.1. The van der Waals surface area contributed by atoms with E-state index in [9.17, 15) is 0 Å². The molecule has 0 saturated carbocycles. The summed E-state index contributed by atoms with van der Waals surface area (Å²) in [4.78, 5) is 12.1. The third-order valence-electron chi connectivity index (χ3n) is 16.5. The van der Waals surface area contributed by atoms with Gasteiger partial charge in [0.1, 0.15) is 11.4 Å². The van der Waals surface area contributed by atoms with Gasteiger partial charge in [-0.25, -0.2) is 9.97 Å². The maximum Gasteiger partial charge on any atom is 0.165 e. The number of fused-ring (bicyclic) bond motifs is 12. The lowest BCUT2D eigenvalue weighted by atomic mass is 9.96. The SMILES string of the molecule is Cc1ccc2c(c1)c1cc(C)ccc1n2-c1nc(-n2c3ccccc3c3ccccc32)c(-n2c3ccc(C)cc3c3cc(C)ccc32)c(-c2cc(-c3ccccc3)nc(-c3ccccc3)c2)c1-n1c2ccccc2c2ccccc21. The average molecular weight is 1030 g/mol. The van der Waals surface area contributed by atoms with Gasteiger partial charge in [0.05, 0.1) is 55.5 Å². The van der Waals surface area contributed by atoms with E-state index < -0.39 is 0 Å². The van der Waals surface area contributed by atoms with Crippen LogP contribution in [0.1, 0.15) is 22.3 Å². The highest BCUT2D eigenvalue weighted by molar-refractivity contribution is 6.16. The Morgan fingerprint density at radius 3 is 0.875 bits per heavy atom. The second-order valence-corrected chi connectivity index (χ2v) is 21.7. The van der Waals surface area contributed by atoms with Crippen LogP contribution in [0.4, 0.5) is 0 Å². The van der Waals surface area contributed by atoms with Crippen molar-refractivity contribution in [1.82, 2.24) is 28.2 Å². The van der Waals surface area contributed by atoms with E-state index >= 15 is 0 Å². The van der Waals surface area contributed by atoms with Gasteiger partial charge in [-0.1, -0.05) is 180 Å². The van der Waals surface area contributed by atoms with Gasteiger partial charge in [-0.15, -0.1) is 0 Å². The van der Waals surface area contributed by atoms with Gasteiger partial charge in [-0.05, 0) is 118 Å². The predicted molar refractivity (Wildman–Crippen MR) is 335 cm³/mol. The second kappa shape index (κ2) is 17.6. The fourth-order valence-corrected chi connectivity index (χ4v) is 13.0. The van der Waals surface area contributed by atoms with Crippen LogP contribution in [0.25, 0.3) is 144 Å². The third kappa shape index (κ3) is 6.85. The molecule has 0 aliphatic heterocycles. The van der Waals surface area contributed by atoms with Crippen molar-refractivity contribution in [3.8, 4) is 56.7 Å². The van der Waals surface area contributed by atoms with E-state index in [0.29, 0.717) is 0 Å². The van der Waals surface area contributed by atoms with Gasteiger partial charge >= 0.3 is 0 Å². The molecule has 0 amide bonds. The number of para-hydroxylation sites is 4. The highest BCUT2D eigenvalue weighted by Crippen LogP contribution is 2.50. The van der Waals surface area contributed by atoms with Crippen molar-refractivity contribution in [3.05, 3.63) is 265 Å². The Hall–Kier alpha value is -10.3. The van der Waals surface area contributed by atoms with Gasteiger partial charge in [-0.3, -0.25) is 9.13 Å². The molecule has 0 atom stereocenters. The topological polar surface area (TPSA) is 45.5 Å². The van der Waals surface area contributed by atoms with Crippen molar-refractivity contribution in [2.24, 2.45) is 0 Å². The maximum atomic E-state index is 6.49. The minimum Gasteiger partial charge on any atom is -0.305 e. The average Bonchev–Trinajstić information content (AvgIpc) is 4.11. The molecule has 6 heteroatoms. The minimum absolute atomic E-state index is 0.797. The molecule has 80 heavy (non-hydrogen) atoms. The van der Waals surface area contributed by atoms with Crippen molar-refractivity contribution in [2.45, 2.75) is 27.7 Å². The molecule has 10 aromatic carbocycles. The quantitative estimate of drug-likeness (QED) is 0.160. The van der Waals surface area contributed by atoms with Crippen molar-refractivity contribution in [1.29, 1.82) is 0 Å². The molecule has 6 nitrogen and oxygen atoms in total. The summed E-state index contributed by atoms with van der Waals surface area (Å²) in [7, 11) is 0. The van der Waals surface area contributed by atoms with Crippen molar-refractivity contribution < 1.29 is 0 Å². The van der Waals surface area contributed by atoms with Gasteiger partial charge in [0.15, 0.2) is 11.6 Å². The molecule has 0 aliphatic carbocycles. The van der Waals surface area contributed by atoms with Crippen LogP contribution >= 0.6 is 0 Å². The monoisotopic (exact) mass is 1020 g/mol. The molecule has 0 bridgehead atoms. The number of hydrogen-bond acceptors (Lipinski definition) is 2. The van der Waals surface area contributed by atoms with Crippen LogP contribution in [0.3, 0.4) is 0 Å². The summed E-state index contributed by atoms with van der Waals surface area (Å²) in [5, 5.41) is 9.36. The molecule has 0 N–H and O–H groups in total. The van der Waals surface area contributed by atoms with Crippen LogP contribution in [-0.4, -0.2) is 28.2 Å². The summed E-state index contributed by atoms with van der Waals surface area (Å²) >= 11 is 0. The zero-order valence-corrected chi connectivity index (χ0v) is 44.8. The smallest absolute Gasteiger partial charge is 0.165 e. The van der Waals surface area contributed by atoms with E-state index in [2.05, 4.69) is 289 Å². The predicted octanol–water partition coefficient (Wildman–Crippen LogP) is 19.1. The molecule has 0 radical (unpaired) electrons. The van der Waals surface area contributed by atoms with E-state index in [1.807, 2.05) is 0 Å². The molecule has 16 rings (SSSR count). The Morgan fingerprint density at radius 2 is 0.525 bits per heavy atom. The molecule has 16 aromatic rings. The summed E-state index contributed by atoms with van der Waals surface area (Å²) < 4.78 is 9.97. The van der Waals surface area contributed by atoms with Gasteiger partial charge in [0, 0.05) is 59.8 Å². The Balaban J connectivity index is 1.25. The summed E-state index contributed by atoms with van der Waals surface area (Å²) in [5.74, 6) is 1.59. The summed E-state index contributed by atoms with van der Waals surface area (Å²) in [6.07, 6.45) is 0. The number of hydrogen-bond donors (Lipinski definition) is 0. The minimum atomic E-state index is 0.797. The lowest BCUT2D eigenvalue weighted by Gasteiger charge is -2.27. The lowest BCUT2D eigenvalue weighted by molar-refractivity contribution is 0.961. The van der Waals surface area contributed by atoms with Crippen molar-refractivity contribution >= 4 is 87.2 Å². The highest BCUT2D eigenvalue weighted by Gasteiger charge is 2.33. The normalized spacial score (nSPS) is 12.0. The van der Waals surface area contributed by atoms with E-state index in [1.165, 1.54) is 43.8 Å². The molecule has 0 aliphatic rings. The Morgan fingerprint density at radius 1 is 0.237 bits per heavy atom. The summed E-state index contributed by atoms with van der Waals surface area (Å²) in [6, 6.07) is 89.1. The number of aryl methyl sites for hydroxylation is 4. The van der Waals surface area contributed by atoms with E-state index in [4.69, 9.17) is 9.97 Å². The van der Waals surface area contributed by atoms with Crippen molar-refractivity contribution in [2.75, 3.05) is 0 Å². The molecule has 6 aromatic heterocycles. The molecular formula is C74H52N6. The van der Waals surface area contributed by atoms with Crippen LogP contribution in [-0.2, 0) is 0 Å². The largest absolute Gasteiger partial charge is 0.305 e. The van der Waals surface area contributed by atoms with E-state index in [0.717, 1.165) is 122 Å². The molecule has 0 spiro atoms. The van der Waals surface area contributed by atoms with Crippen LogP contribution in [0.15, 0.2) is 243 Å². The van der Waals surface area contributed by atoms with Crippen LogP contribution in [0.2, 0.25) is 0 Å². The lowest BCUT2D eigenvalue weighted by Crippen LogP contribution is -2.16. The number of pyridine rings is 2. The molecular weight excluding hydrogens is 973 g/mol. The highest BCUT2D eigenvalue weighted by atomic mass is 15.2. The van der Waals surface area contributed by atoms with Gasteiger partial charge in [0.25, 0.3) is 0 Å². The Kier molecular flexibility index (Phi) is 10.1. The van der Waals surface area contributed by atoms with Crippen LogP contribution in [0, 0.1) is 27.7 Å². The van der Waals surface area contributed by atoms with Crippen LogP contribution in [0.5, 0.6) is 0 Å². The number of benzene rings is 10. The van der Waals surface area contributed by atoms with Gasteiger partial charge < -0.3 is 9.13 Å². The molecule has 0 fully saturated rings. The first-order valence-electron chi connectivity index (χ1n) is 27.6. The molecule has 0 saturated heterocycles. The van der Waals surface area contributed by atoms with Gasteiger partial charge in [0.2, 0.25) is 0 Å². The van der Waals surface area contributed by atoms with E-state index in [-0.39, 0.29) is 0 Å². The van der Waals surface area contributed by atoms with Crippen molar-refractivity contribution in [3.63, 3.8) is 0 Å². The number of aromatic nitrogens is 6. The maximum absolute atomic E-state index is 6.49. The Bertz CT molecular complexity index is 4940. The fourth-order valence-electron chi connectivity index (χ4n) is 13.0. The van der Waals surface area contributed by atoms with Gasteiger partial charge in [-0.2, -0.15) is 0 Å². The molecule has 6 heterocycles. The fraction of sp³-hybridized carbons (Fsp3) is 0.0541. The number of rotatable bonds is 7. The summed E-state index contributed by atoms with van der Waals surface area (Å²) in [6.45, 7) is 8.79. The second-order valence-electron chi connectivity index (χ2n) is 21.7. The standard InChI is InChI=1S/C74H52N6/c1-45-31-35-66-56(39-45)57-40-46(2)32-36-67(57)78(66)72-70(51-43-60(49-19-7-5-8-20-49)75-61(44-51)50-21-9-6-10-22-50)71(77-62-27-15-11-23-52(62)53-24-12-16-28-63(53)77)74(80-68-37-33-47(3)41-58(68)59-42-48(4)34-38-69(59)80)76-73(72)79-64-29-17-13-25-54(64)55-26-14-18-30-65(55)79/h5-44H,1-4H3. The van der Waals surface area contributed by atoms with E-state index in [1.54, 1.807) is 0 Å². The number of nitrogens with zero attached hydrogens (tertiary/aromatic N) is 6. The first-order valence-corrected chi connectivity index (χ1v) is 27.6. The molecule has 378 valence electrons.